The summed E-state index contributed by atoms with van der Waals surface area (Å²) in [5.74, 6) is 0. The second-order valence-electron chi connectivity index (χ2n) is 2.74. The van der Waals surface area contributed by atoms with Gasteiger partial charge in [0.2, 0.25) is 0 Å². The highest BCUT2D eigenvalue weighted by Gasteiger charge is 1.99. The Balaban J connectivity index is 2.23. The summed E-state index contributed by atoms with van der Waals surface area (Å²) in [5, 5.41) is 13.2. The SMILES string of the molecule is O=C(NC/C=N/O)OCc1ccccc1. The van der Waals surface area contributed by atoms with Gasteiger partial charge in [0.05, 0.1) is 12.8 Å². The lowest BCUT2D eigenvalue weighted by Crippen LogP contribution is -2.25. The van der Waals surface area contributed by atoms with Gasteiger partial charge in [-0.15, -0.1) is 5.16 Å². The van der Waals surface area contributed by atoms with Gasteiger partial charge in [0.25, 0.3) is 0 Å². The zero-order valence-electron chi connectivity index (χ0n) is 8.09. The van der Waals surface area contributed by atoms with Crippen LogP contribution in [0.3, 0.4) is 0 Å². The van der Waals surface area contributed by atoms with Crippen molar-refractivity contribution >= 4 is 12.3 Å². The number of hydrogen-bond acceptors (Lipinski definition) is 4. The van der Waals surface area contributed by atoms with Gasteiger partial charge in [0.1, 0.15) is 6.61 Å². The number of alkyl carbamates (subject to hydrolysis) is 1. The van der Waals surface area contributed by atoms with Crippen molar-refractivity contribution in [2.45, 2.75) is 6.61 Å². The molecule has 0 saturated heterocycles. The van der Waals surface area contributed by atoms with Crippen LogP contribution in [0.5, 0.6) is 0 Å². The van der Waals surface area contributed by atoms with Crippen molar-refractivity contribution in [2.24, 2.45) is 5.16 Å². The quantitative estimate of drug-likeness (QED) is 0.446. The third-order valence-corrected chi connectivity index (χ3v) is 1.63. The van der Waals surface area contributed by atoms with E-state index in [0.717, 1.165) is 11.8 Å². The number of carbonyl (C=O) groups is 1. The number of rotatable bonds is 4. The van der Waals surface area contributed by atoms with Crippen molar-refractivity contribution in [3.63, 3.8) is 0 Å². The molecule has 2 N–H and O–H groups in total. The first-order chi connectivity index (χ1) is 7.33. The minimum Gasteiger partial charge on any atom is -0.445 e. The van der Waals surface area contributed by atoms with Crippen molar-refractivity contribution in [2.75, 3.05) is 6.54 Å². The van der Waals surface area contributed by atoms with Crippen LogP contribution in [0.2, 0.25) is 0 Å². The van der Waals surface area contributed by atoms with Crippen LogP contribution in [0.25, 0.3) is 0 Å². The summed E-state index contributed by atoms with van der Waals surface area (Å²) in [6, 6.07) is 9.36. The third kappa shape index (κ3) is 4.66. The van der Waals surface area contributed by atoms with E-state index < -0.39 is 6.09 Å². The number of amides is 1. The maximum atomic E-state index is 11.0. The average molecular weight is 208 g/mol. The monoisotopic (exact) mass is 208 g/mol. The molecule has 15 heavy (non-hydrogen) atoms. The molecule has 80 valence electrons. The molecule has 0 aliphatic carbocycles. The molecule has 1 rings (SSSR count). The Bertz CT molecular complexity index is 325. The second kappa shape index (κ2) is 6.42. The van der Waals surface area contributed by atoms with E-state index >= 15 is 0 Å². The molecule has 0 aliphatic rings. The highest BCUT2D eigenvalue weighted by Crippen LogP contribution is 1.99. The molecule has 1 aromatic rings. The highest BCUT2D eigenvalue weighted by atomic mass is 16.5. The van der Waals surface area contributed by atoms with Gasteiger partial charge in [-0.2, -0.15) is 0 Å². The van der Waals surface area contributed by atoms with Crippen molar-refractivity contribution < 1.29 is 14.7 Å². The zero-order valence-corrected chi connectivity index (χ0v) is 8.09. The lowest BCUT2D eigenvalue weighted by Gasteiger charge is -2.04. The predicted octanol–water partition coefficient (Wildman–Crippen LogP) is 1.37. The summed E-state index contributed by atoms with van der Waals surface area (Å²) in [5.41, 5.74) is 0.920. The molecule has 0 atom stereocenters. The van der Waals surface area contributed by atoms with E-state index in [0.29, 0.717) is 0 Å². The Hall–Kier alpha value is -2.04. The van der Waals surface area contributed by atoms with Crippen LogP contribution in [-0.2, 0) is 11.3 Å². The van der Waals surface area contributed by atoms with Crippen molar-refractivity contribution in [3.05, 3.63) is 35.9 Å². The zero-order chi connectivity index (χ0) is 10.9. The van der Waals surface area contributed by atoms with Crippen molar-refractivity contribution in [3.8, 4) is 0 Å². The Morgan fingerprint density at radius 1 is 1.47 bits per heavy atom. The molecule has 0 fully saturated rings. The van der Waals surface area contributed by atoms with Gasteiger partial charge in [-0.3, -0.25) is 0 Å². The summed E-state index contributed by atoms with van der Waals surface area (Å²) >= 11 is 0. The number of nitrogens with zero attached hydrogens (tertiary/aromatic N) is 1. The lowest BCUT2D eigenvalue weighted by atomic mass is 10.2. The fourth-order valence-corrected chi connectivity index (χ4v) is 0.944. The van der Waals surface area contributed by atoms with Gasteiger partial charge >= 0.3 is 6.09 Å². The van der Waals surface area contributed by atoms with Crippen LogP contribution in [0.15, 0.2) is 35.5 Å². The van der Waals surface area contributed by atoms with Gasteiger partial charge in [-0.05, 0) is 5.56 Å². The summed E-state index contributed by atoms with van der Waals surface area (Å²) in [6.07, 6.45) is 0.614. The van der Waals surface area contributed by atoms with Gasteiger partial charge in [-0.25, -0.2) is 4.79 Å². The Morgan fingerprint density at radius 3 is 2.87 bits per heavy atom. The molecule has 0 radical (unpaired) electrons. The average Bonchev–Trinajstić information content (AvgIpc) is 2.28. The number of hydrogen-bond donors (Lipinski definition) is 2. The maximum absolute atomic E-state index is 11.0. The van der Waals surface area contributed by atoms with E-state index in [-0.39, 0.29) is 13.2 Å². The molecule has 0 heterocycles. The number of benzene rings is 1. The lowest BCUT2D eigenvalue weighted by molar-refractivity contribution is 0.141. The summed E-state index contributed by atoms with van der Waals surface area (Å²) in [7, 11) is 0. The van der Waals surface area contributed by atoms with Crippen LogP contribution >= 0.6 is 0 Å². The Kier molecular flexibility index (Phi) is 4.72. The molecule has 5 nitrogen and oxygen atoms in total. The van der Waals surface area contributed by atoms with Crippen molar-refractivity contribution in [1.29, 1.82) is 0 Å². The maximum Gasteiger partial charge on any atom is 0.407 e. The molecule has 0 aliphatic heterocycles. The normalized spacial score (nSPS) is 10.1. The van der Waals surface area contributed by atoms with Gasteiger partial charge in [0, 0.05) is 0 Å². The van der Waals surface area contributed by atoms with Crippen LogP contribution in [0.1, 0.15) is 5.56 Å². The highest BCUT2D eigenvalue weighted by molar-refractivity contribution is 5.72. The van der Waals surface area contributed by atoms with E-state index in [1.807, 2.05) is 30.3 Å². The van der Waals surface area contributed by atoms with Crippen molar-refractivity contribution in [1.82, 2.24) is 5.32 Å². The standard InChI is InChI=1S/C10H12N2O3/c13-10(11-6-7-12-14)15-8-9-4-2-1-3-5-9/h1-5,7,14H,6,8H2,(H,11,13)/b12-7+. The summed E-state index contributed by atoms with van der Waals surface area (Å²) in [4.78, 5) is 11.0. The molecule has 0 unspecified atom stereocenters. The van der Waals surface area contributed by atoms with Gasteiger partial charge in [-0.1, -0.05) is 30.3 Å². The van der Waals surface area contributed by atoms with E-state index in [2.05, 4.69) is 10.5 Å². The van der Waals surface area contributed by atoms with Crippen LogP contribution < -0.4 is 5.32 Å². The van der Waals surface area contributed by atoms with E-state index in [1.54, 1.807) is 0 Å². The number of oxime groups is 1. The molecular formula is C10H12N2O3. The van der Waals surface area contributed by atoms with Crippen LogP contribution in [-0.4, -0.2) is 24.1 Å². The molecule has 0 spiro atoms. The predicted molar refractivity (Wildman–Crippen MR) is 54.9 cm³/mol. The van der Waals surface area contributed by atoms with Crippen LogP contribution in [0.4, 0.5) is 4.79 Å². The minimum absolute atomic E-state index is 0.143. The van der Waals surface area contributed by atoms with Gasteiger partial charge < -0.3 is 15.3 Å². The molecule has 1 amide bonds. The molecule has 0 bridgehead atoms. The number of carbonyl (C=O) groups excluding carboxylic acids is 1. The van der Waals surface area contributed by atoms with Crippen LogP contribution in [0, 0.1) is 0 Å². The fraction of sp³-hybridized carbons (Fsp3) is 0.200. The number of nitrogens with one attached hydrogen (secondary N) is 1. The number of ether oxygens (including phenoxy) is 1. The largest absolute Gasteiger partial charge is 0.445 e. The molecule has 0 aromatic heterocycles. The van der Waals surface area contributed by atoms with E-state index in [4.69, 9.17) is 9.94 Å². The molecule has 0 saturated carbocycles. The first kappa shape index (κ1) is 11.0. The molecule has 5 heteroatoms. The second-order valence-corrected chi connectivity index (χ2v) is 2.74. The first-order valence-electron chi connectivity index (χ1n) is 4.43. The van der Waals surface area contributed by atoms with Gasteiger partial charge in [0.15, 0.2) is 0 Å². The minimum atomic E-state index is -0.543. The Labute approximate surface area is 87.4 Å². The third-order valence-electron chi connectivity index (χ3n) is 1.63. The summed E-state index contributed by atoms with van der Waals surface area (Å²) in [6.45, 7) is 0.368. The fourth-order valence-electron chi connectivity index (χ4n) is 0.944. The molecular weight excluding hydrogens is 196 g/mol. The summed E-state index contributed by atoms with van der Waals surface area (Å²) < 4.78 is 4.88. The smallest absolute Gasteiger partial charge is 0.407 e. The molecule has 1 aromatic carbocycles. The van der Waals surface area contributed by atoms with E-state index in [9.17, 15) is 4.79 Å². The first-order valence-corrected chi connectivity index (χ1v) is 4.43. The topological polar surface area (TPSA) is 70.9 Å². The Morgan fingerprint density at radius 2 is 2.20 bits per heavy atom. The van der Waals surface area contributed by atoms with E-state index in [1.165, 1.54) is 0 Å².